The lowest BCUT2D eigenvalue weighted by molar-refractivity contribution is -0.118. The number of benzene rings is 1. The standard InChI is InChI=1S/C31H44N2O3S/c1-2-3-4-5-6-7-8-9-10-11-12-13-14-15-16-17-18-21-26-37-27-30(35)32-24-25-33-31(36)28-22-19-20-23-29(28)34/h3-4,6-7,9-10,12-13,15-16,19-20,22-23,34H,2,5,8,11,14,17-18,21,24-27H2,1H3,(H,32,35)(H,33,36). The first kappa shape index (κ1) is 32.0. The Morgan fingerprint density at radius 2 is 1.35 bits per heavy atom. The third kappa shape index (κ3) is 18.9. The molecule has 1 rings (SSSR count). The molecule has 0 aliphatic carbocycles. The number of phenolic OH excluding ortho intramolecular Hbond substituents is 1. The number of unbranched alkanes of at least 4 members (excludes halogenated alkanes) is 2. The summed E-state index contributed by atoms with van der Waals surface area (Å²) >= 11 is 1.63. The van der Waals surface area contributed by atoms with Crippen LogP contribution in [0, 0.1) is 0 Å². The number of carbonyl (C=O) groups is 2. The fourth-order valence-corrected chi connectivity index (χ4v) is 4.03. The molecule has 37 heavy (non-hydrogen) atoms. The average molecular weight is 525 g/mol. The number of nitrogens with one attached hydrogen (secondary N) is 2. The molecule has 0 saturated heterocycles. The zero-order valence-corrected chi connectivity index (χ0v) is 23.1. The molecule has 0 atom stereocenters. The van der Waals surface area contributed by atoms with Gasteiger partial charge in [0.15, 0.2) is 0 Å². The lowest BCUT2D eigenvalue weighted by Crippen LogP contribution is -2.35. The van der Waals surface area contributed by atoms with Gasteiger partial charge < -0.3 is 15.7 Å². The van der Waals surface area contributed by atoms with Crippen molar-refractivity contribution in [3.8, 4) is 5.75 Å². The van der Waals surface area contributed by atoms with Gasteiger partial charge in [-0.3, -0.25) is 9.59 Å². The Balaban J connectivity index is 1.91. The molecule has 0 unspecified atom stereocenters. The molecule has 1 aromatic carbocycles. The van der Waals surface area contributed by atoms with Crippen molar-refractivity contribution in [3.05, 3.63) is 90.6 Å². The van der Waals surface area contributed by atoms with E-state index in [4.69, 9.17) is 0 Å². The van der Waals surface area contributed by atoms with Gasteiger partial charge in [-0.25, -0.2) is 0 Å². The highest BCUT2D eigenvalue weighted by atomic mass is 32.2. The van der Waals surface area contributed by atoms with Crippen LogP contribution in [0.5, 0.6) is 5.75 Å². The molecule has 2 amide bonds. The van der Waals surface area contributed by atoms with Crippen LogP contribution in [0.15, 0.2) is 85.0 Å². The third-order valence-electron chi connectivity index (χ3n) is 5.18. The van der Waals surface area contributed by atoms with Gasteiger partial charge in [0.2, 0.25) is 5.91 Å². The number of allylic oxidation sites excluding steroid dienone is 10. The highest BCUT2D eigenvalue weighted by Gasteiger charge is 2.09. The van der Waals surface area contributed by atoms with Gasteiger partial charge in [-0.2, -0.15) is 11.8 Å². The Kier molecular flexibility index (Phi) is 20.3. The smallest absolute Gasteiger partial charge is 0.255 e. The van der Waals surface area contributed by atoms with E-state index in [1.807, 2.05) is 0 Å². The molecule has 5 nitrogen and oxygen atoms in total. The quantitative estimate of drug-likeness (QED) is 0.128. The minimum Gasteiger partial charge on any atom is -0.507 e. The summed E-state index contributed by atoms with van der Waals surface area (Å²) < 4.78 is 0. The van der Waals surface area contributed by atoms with Gasteiger partial charge in [0, 0.05) is 13.1 Å². The van der Waals surface area contributed by atoms with Crippen LogP contribution in [-0.2, 0) is 4.79 Å². The van der Waals surface area contributed by atoms with E-state index in [0.29, 0.717) is 18.8 Å². The van der Waals surface area contributed by atoms with Crippen molar-refractivity contribution in [1.29, 1.82) is 0 Å². The first-order valence-corrected chi connectivity index (χ1v) is 14.5. The average Bonchev–Trinajstić information content (AvgIpc) is 2.90. The fraction of sp³-hybridized carbons (Fsp3) is 0.419. The van der Waals surface area contributed by atoms with Crippen LogP contribution in [0.3, 0.4) is 0 Å². The van der Waals surface area contributed by atoms with E-state index in [9.17, 15) is 14.7 Å². The molecule has 0 aliphatic heterocycles. The second kappa shape index (κ2) is 23.4. The number of aromatic hydroxyl groups is 1. The predicted octanol–water partition coefficient (Wildman–Crippen LogP) is 6.89. The number of carbonyl (C=O) groups excluding carboxylic acids is 2. The van der Waals surface area contributed by atoms with Crippen molar-refractivity contribution in [2.45, 2.75) is 58.3 Å². The van der Waals surface area contributed by atoms with Crippen LogP contribution >= 0.6 is 11.8 Å². The summed E-state index contributed by atoms with van der Waals surface area (Å²) in [4.78, 5) is 23.9. The Hall–Kier alpha value is -2.99. The maximum Gasteiger partial charge on any atom is 0.255 e. The van der Waals surface area contributed by atoms with E-state index in [0.717, 1.165) is 57.1 Å². The fourth-order valence-electron chi connectivity index (χ4n) is 3.19. The van der Waals surface area contributed by atoms with Crippen molar-refractivity contribution in [2.24, 2.45) is 0 Å². The molecular formula is C31H44N2O3S. The van der Waals surface area contributed by atoms with Crippen LogP contribution in [0.1, 0.15) is 68.6 Å². The lowest BCUT2D eigenvalue weighted by atomic mass is 10.2. The SMILES string of the molecule is CCC=CCC=CCC=CCC=CCC=CCCCCSCC(=O)NCCNC(=O)c1ccccc1O. The Bertz CT molecular complexity index is 903. The maximum absolute atomic E-state index is 12.0. The zero-order valence-electron chi connectivity index (χ0n) is 22.2. The Morgan fingerprint density at radius 1 is 0.784 bits per heavy atom. The lowest BCUT2D eigenvalue weighted by Gasteiger charge is -2.08. The second-order valence-corrected chi connectivity index (χ2v) is 9.48. The Morgan fingerprint density at radius 3 is 1.97 bits per heavy atom. The zero-order chi connectivity index (χ0) is 26.8. The summed E-state index contributed by atoms with van der Waals surface area (Å²) in [5.41, 5.74) is 0.231. The van der Waals surface area contributed by atoms with E-state index in [1.165, 1.54) is 6.07 Å². The molecule has 0 aromatic heterocycles. The monoisotopic (exact) mass is 524 g/mol. The minimum atomic E-state index is -0.353. The molecule has 0 saturated carbocycles. The first-order valence-electron chi connectivity index (χ1n) is 13.3. The molecule has 0 radical (unpaired) electrons. The van der Waals surface area contributed by atoms with Gasteiger partial charge in [0.1, 0.15) is 5.75 Å². The predicted molar refractivity (Wildman–Crippen MR) is 159 cm³/mol. The normalized spacial score (nSPS) is 12.0. The van der Waals surface area contributed by atoms with Crippen LogP contribution in [0.4, 0.5) is 0 Å². The van der Waals surface area contributed by atoms with Crippen molar-refractivity contribution < 1.29 is 14.7 Å². The van der Waals surface area contributed by atoms with E-state index >= 15 is 0 Å². The topological polar surface area (TPSA) is 78.4 Å². The molecule has 0 fully saturated rings. The van der Waals surface area contributed by atoms with E-state index in [-0.39, 0.29) is 23.1 Å². The largest absolute Gasteiger partial charge is 0.507 e. The van der Waals surface area contributed by atoms with Crippen molar-refractivity contribution in [3.63, 3.8) is 0 Å². The second-order valence-electron chi connectivity index (χ2n) is 8.38. The van der Waals surface area contributed by atoms with Gasteiger partial charge >= 0.3 is 0 Å². The maximum atomic E-state index is 12.0. The number of para-hydroxylation sites is 1. The molecular weight excluding hydrogens is 480 g/mol. The molecule has 3 N–H and O–H groups in total. The third-order valence-corrected chi connectivity index (χ3v) is 6.23. The highest BCUT2D eigenvalue weighted by Crippen LogP contribution is 2.14. The van der Waals surface area contributed by atoms with Crippen molar-refractivity contribution in [2.75, 3.05) is 24.6 Å². The van der Waals surface area contributed by atoms with Gasteiger partial charge in [0.25, 0.3) is 5.91 Å². The molecule has 202 valence electrons. The van der Waals surface area contributed by atoms with Gasteiger partial charge in [-0.05, 0) is 69.3 Å². The highest BCUT2D eigenvalue weighted by molar-refractivity contribution is 7.99. The van der Waals surface area contributed by atoms with Crippen molar-refractivity contribution >= 4 is 23.6 Å². The van der Waals surface area contributed by atoms with Crippen LogP contribution in [-0.4, -0.2) is 41.5 Å². The number of thioether (sulfide) groups is 1. The van der Waals surface area contributed by atoms with Gasteiger partial charge in [-0.1, -0.05) is 79.8 Å². The summed E-state index contributed by atoms with van der Waals surface area (Å²) in [5, 5.41) is 15.2. The number of rotatable bonds is 20. The molecule has 0 heterocycles. The number of amides is 2. The van der Waals surface area contributed by atoms with E-state index in [1.54, 1.807) is 30.0 Å². The summed E-state index contributed by atoms with van der Waals surface area (Å²) in [6, 6.07) is 6.38. The van der Waals surface area contributed by atoms with Crippen LogP contribution in [0.2, 0.25) is 0 Å². The van der Waals surface area contributed by atoms with Gasteiger partial charge in [0.05, 0.1) is 11.3 Å². The number of hydrogen-bond acceptors (Lipinski definition) is 4. The summed E-state index contributed by atoms with van der Waals surface area (Å²) in [7, 11) is 0. The molecule has 6 heteroatoms. The van der Waals surface area contributed by atoms with Crippen molar-refractivity contribution in [1.82, 2.24) is 10.6 Å². The Labute approximate surface area is 227 Å². The molecule has 0 spiro atoms. The number of hydrogen-bond donors (Lipinski definition) is 3. The molecule has 1 aromatic rings. The van der Waals surface area contributed by atoms with E-state index in [2.05, 4.69) is 78.3 Å². The van der Waals surface area contributed by atoms with Gasteiger partial charge in [-0.15, -0.1) is 0 Å². The molecule has 0 bridgehead atoms. The summed E-state index contributed by atoms with van der Waals surface area (Å²) in [6.07, 6.45) is 30.4. The summed E-state index contributed by atoms with van der Waals surface area (Å²) in [6.45, 7) is 2.83. The van der Waals surface area contributed by atoms with E-state index < -0.39 is 0 Å². The van der Waals surface area contributed by atoms with Crippen LogP contribution < -0.4 is 10.6 Å². The minimum absolute atomic E-state index is 0.0281. The first-order chi connectivity index (χ1) is 18.1. The number of phenols is 1. The molecule has 0 aliphatic rings. The summed E-state index contributed by atoms with van der Waals surface area (Å²) in [5.74, 6) is 0.952. The van der Waals surface area contributed by atoms with Crippen LogP contribution in [0.25, 0.3) is 0 Å².